The molecule has 0 N–H and O–H groups in total. The van der Waals surface area contributed by atoms with Crippen molar-refractivity contribution in [3.8, 4) is 0 Å². The Kier molecular flexibility index (Phi) is 4.43. The van der Waals surface area contributed by atoms with E-state index in [0.29, 0.717) is 5.82 Å². The van der Waals surface area contributed by atoms with Gasteiger partial charge in [0, 0.05) is 26.2 Å². The predicted octanol–water partition coefficient (Wildman–Crippen LogP) is 2.71. The second-order valence-electron chi connectivity index (χ2n) is 7.11. The molecule has 0 bridgehead atoms. The summed E-state index contributed by atoms with van der Waals surface area (Å²) >= 11 is 0. The molecule has 1 saturated carbocycles. The van der Waals surface area contributed by atoms with Gasteiger partial charge in [0.1, 0.15) is 6.20 Å². The van der Waals surface area contributed by atoms with E-state index >= 15 is 0 Å². The van der Waals surface area contributed by atoms with Crippen molar-refractivity contribution >= 4 is 13.5 Å². The first kappa shape index (κ1) is 17.1. The van der Waals surface area contributed by atoms with Gasteiger partial charge in [-0.25, -0.2) is 18.9 Å². The van der Waals surface area contributed by atoms with Gasteiger partial charge in [0.15, 0.2) is 6.10 Å². The predicted molar refractivity (Wildman–Crippen MR) is 91.0 cm³/mol. The van der Waals surface area contributed by atoms with Crippen LogP contribution in [0.2, 0.25) is 0 Å². The van der Waals surface area contributed by atoms with E-state index in [1.165, 1.54) is 17.2 Å². The Labute approximate surface area is 146 Å². The average Bonchev–Trinajstić information content (AvgIpc) is 3.49. The molecule has 1 aromatic heterocycles. The monoisotopic (exact) mass is 369 g/mol. The SMILES string of the molecule is Cn1c([N+](=O)[O-])cnc1C(OP(=O)(N1CC1)N1CC1)C1CCCCC1. The molecule has 3 fully saturated rings. The van der Waals surface area contributed by atoms with Gasteiger partial charge in [-0.3, -0.25) is 9.09 Å². The molecule has 3 heterocycles. The maximum atomic E-state index is 13.5. The summed E-state index contributed by atoms with van der Waals surface area (Å²) < 4.78 is 25.0. The van der Waals surface area contributed by atoms with Crippen LogP contribution in [0.25, 0.3) is 0 Å². The molecule has 138 valence electrons. The lowest BCUT2D eigenvalue weighted by molar-refractivity contribution is -0.391. The lowest BCUT2D eigenvalue weighted by Gasteiger charge is -2.32. The van der Waals surface area contributed by atoms with E-state index in [4.69, 9.17) is 4.52 Å². The minimum absolute atomic E-state index is 0.0623. The van der Waals surface area contributed by atoms with Crippen molar-refractivity contribution in [2.24, 2.45) is 13.0 Å². The first-order valence-corrected chi connectivity index (χ1v) is 10.5. The zero-order valence-electron chi connectivity index (χ0n) is 14.4. The summed E-state index contributed by atoms with van der Waals surface area (Å²) in [5.74, 6) is 0.651. The van der Waals surface area contributed by atoms with Crippen molar-refractivity contribution < 1.29 is 14.0 Å². The second-order valence-corrected chi connectivity index (χ2v) is 9.44. The molecule has 1 aliphatic carbocycles. The third kappa shape index (κ3) is 3.26. The highest BCUT2D eigenvalue weighted by Gasteiger charge is 2.52. The molecule has 4 rings (SSSR count). The van der Waals surface area contributed by atoms with Gasteiger partial charge in [-0.2, -0.15) is 0 Å². The number of hydrogen-bond acceptors (Lipinski definition) is 5. The first-order valence-electron chi connectivity index (χ1n) is 8.96. The van der Waals surface area contributed by atoms with Gasteiger partial charge in [0.25, 0.3) is 0 Å². The molecular formula is C15H24N5O4P. The summed E-state index contributed by atoms with van der Waals surface area (Å²) in [6.07, 6.45) is 6.17. The molecule has 0 amide bonds. The number of nitrogens with zero attached hydrogens (tertiary/aromatic N) is 5. The van der Waals surface area contributed by atoms with E-state index in [1.807, 2.05) is 9.34 Å². The van der Waals surface area contributed by atoms with Crippen LogP contribution < -0.4 is 0 Å². The van der Waals surface area contributed by atoms with Gasteiger partial charge in [-0.05, 0) is 23.7 Å². The Bertz CT molecular complexity index is 693. The molecule has 2 aliphatic heterocycles. The van der Waals surface area contributed by atoms with Crippen LogP contribution in [0.1, 0.15) is 44.0 Å². The zero-order valence-corrected chi connectivity index (χ0v) is 15.3. The third-order valence-electron chi connectivity index (χ3n) is 5.33. The summed E-state index contributed by atoms with van der Waals surface area (Å²) in [5, 5.41) is 11.2. The van der Waals surface area contributed by atoms with Crippen molar-refractivity contribution in [2.45, 2.75) is 38.2 Å². The van der Waals surface area contributed by atoms with Crippen molar-refractivity contribution in [1.82, 2.24) is 18.9 Å². The Hall–Kier alpha value is -1.28. The number of hydrogen-bond donors (Lipinski definition) is 0. The van der Waals surface area contributed by atoms with Gasteiger partial charge in [-0.15, -0.1) is 0 Å². The van der Waals surface area contributed by atoms with Crippen LogP contribution in [0.15, 0.2) is 6.20 Å². The first-order chi connectivity index (χ1) is 12.0. The largest absolute Gasteiger partial charge is 0.358 e. The number of rotatable bonds is 7. The van der Waals surface area contributed by atoms with E-state index in [0.717, 1.165) is 51.9 Å². The topological polar surface area (TPSA) is 93.3 Å². The van der Waals surface area contributed by atoms with E-state index in [2.05, 4.69) is 4.98 Å². The van der Waals surface area contributed by atoms with E-state index in [1.54, 1.807) is 7.05 Å². The molecule has 1 unspecified atom stereocenters. The van der Waals surface area contributed by atoms with Gasteiger partial charge < -0.3 is 10.1 Å². The third-order valence-corrected chi connectivity index (χ3v) is 8.06. The maximum Gasteiger partial charge on any atom is 0.347 e. The summed E-state index contributed by atoms with van der Waals surface area (Å²) in [5.41, 5.74) is 0. The molecular weight excluding hydrogens is 345 g/mol. The van der Waals surface area contributed by atoms with Crippen LogP contribution in [0.4, 0.5) is 5.82 Å². The van der Waals surface area contributed by atoms with E-state index in [9.17, 15) is 14.7 Å². The fourth-order valence-electron chi connectivity index (χ4n) is 3.68. The fraction of sp³-hybridized carbons (Fsp3) is 0.800. The smallest absolute Gasteiger partial charge is 0.347 e. The number of imidazole rings is 1. The van der Waals surface area contributed by atoms with Gasteiger partial charge in [0.05, 0.1) is 7.05 Å². The molecule has 2 saturated heterocycles. The van der Waals surface area contributed by atoms with Crippen LogP contribution in [0.5, 0.6) is 0 Å². The van der Waals surface area contributed by atoms with Gasteiger partial charge in [-0.1, -0.05) is 19.3 Å². The lowest BCUT2D eigenvalue weighted by atomic mass is 9.85. The number of nitro groups is 1. The Morgan fingerprint density at radius 2 is 1.84 bits per heavy atom. The van der Waals surface area contributed by atoms with E-state index < -0.39 is 18.7 Å². The van der Waals surface area contributed by atoms with Crippen molar-refractivity contribution in [3.63, 3.8) is 0 Å². The Balaban J connectivity index is 1.66. The zero-order chi connectivity index (χ0) is 17.6. The van der Waals surface area contributed by atoms with Gasteiger partial charge in [0.2, 0.25) is 5.82 Å². The van der Waals surface area contributed by atoms with Crippen LogP contribution in [-0.2, 0) is 16.1 Å². The minimum atomic E-state index is -3.02. The van der Waals surface area contributed by atoms with Crippen molar-refractivity contribution in [2.75, 3.05) is 26.2 Å². The van der Waals surface area contributed by atoms with Crippen LogP contribution in [-0.4, -0.2) is 50.0 Å². The van der Waals surface area contributed by atoms with Crippen LogP contribution in [0.3, 0.4) is 0 Å². The lowest BCUT2D eigenvalue weighted by Crippen LogP contribution is -2.24. The molecule has 1 aromatic rings. The quantitative estimate of drug-likeness (QED) is 0.316. The van der Waals surface area contributed by atoms with Crippen molar-refractivity contribution in [3.05, 3.63) is 22.1 Å². The second kappa shape index (κ2) is 6.46. The van der Waals surface area contributed by atoms with Crippen LogP contribution in [0, 0.1) is 16.0 Å². The molecule has 3 aliphatic rings. The Morgan fingerprint density at radius 1 is 1.24 bits per heavy atom. The minimum Gasteiger partial charge on any atom is -0.358 e. The van der Waals surface area contributed by atoms with Gasteiger partial charge >= 0.3 is 13.5 Å². The molecule has 25 heavy (non-hydrogen) atoms. The summed E-state index contributed by atoms with van der Waals surface area (Å²) in [6, 6.07) is 0. The summed E-state index contributed by atoms with van der Waals surface area (Å²) in [7, 11) is -1.38. The normalized spacial score (nSPS) is 23.6. The highest BCUT2D eigenvalue weighted by Crippen LogP contribution is 2.64. The molecule has 0 aromatic carbocycles. The van der Waals surface area contributed by atoms with Crippen molar-refractivity contribution in [1.29, 1.82) is 0 Å². The standard InChI is InChI=1S/C15H24N5O4P/c1-17-13(20(21)22)11-16-15(17)14(12-5-3-2-4-6-12)24-25(23,18-7-8-18)19-9-10-19/h11-12,14H,2-10H2,1H3. The molecule has 0 spiro atoms. The number of aromatic nitrogens is 2. The molecule has 10 heteroatoms. The Morgan fingerprint density at radius 3 is 2.32 bits per heavy atom. The molecule has 1 atom stereocenters. The van der Waals surface area contributed by atoms with E-state index in [-0.39, 0.29) is 11.7 Å². The fourth-order valence-corrected chi connectivity index (χ4v) is 6.06. The maximum absolute atomic E-state index is 13.5. The highest BCUT2D eigenvalue weighted by atomic mass is 31.2. The van der Waals surface area contributed by atoms with Crippen LogP contribution >= 0.6 is 7.67 Å². The molecule has 9 nitrogen and oxygen atoms in total. The summed E-state index contributed by atoms with van der Waals surface area (Å²) in [4.78, 5) is 15.0. The highest BCUT2D eigenvalue weighted by molar-refractivity contribution is 7.54. The average molecular weight is 369 g/mol. The molecule has 0 radical (unpaired) electrons. The summed E-state index contributed by atoms with van der Waals surface area (Å²) in [6.45, 7) is 3.13.